The van der Waals surface area contributed by atoms with Gasteiger partial charge in [0, 0.05) is 37.1 Å². The summed E-state index contributed by atoms with van der Waals surface area (Å²) < 4.78 is 10.8. The van der Waals surface area contributed by atoms with Crippen LogP contribution in [-0.4, -0.2) is 66.5 Å². The summed E-state index contributed by atoms with van der Waals surface area (Å²) in [5.41, 5.74) is 1.43. The van der Waals surface area contributed by atoms with Gasteiger partial charge in [-0.15, -0.1) is 0 Å². The van der Waals surface area contributed by atoms with E-state index in [2.05, 4.69) is 4.98 Å². The zero-order valence-corrected chi connectivity index (χ0v) is 16.3. The van der Waals surface area contributed by atoms with E-state index in [1.165, 1.54) is 0 Å². The third-order valence-corrected chi connectivity index (χ3v) is 5.08. The number of para-hydroxylation sites is 1. The van der Waals surface area contributed by atoms with E-state index in [4.69, 9.17) is 9.47 Å². The topological polar surface area (TPSA) is 74.9 Å². The summed E-state index contributed by atoms with van der Waals surface area (Å²) in [6, 6.07) is 16.8. The van der Waals surface area contributed by atoms with Gasteiger partial charge < -0.3 is 24.3 Å². The molecular formula is C22H23N3O4. The minimum Gasteiger partial charge on any atom is -0.497 e. The van der Waals surface area contributed by atoms with Gasteiger partial charge in [-0.2, -0.15) is 0 Å². The lowest BCUT2D eigenvalue weighted by Crippen LogP contribution is -2.51. The molecule has 0 saturated carbocycles. The van der Waals surface area contributed by atoms with Crippen molar-refractivity contribution in [1.29, 1.82) is 0 Å². The molecule has 4 rings (SSSR count). The van der Waals surface area contributed by atoms with Crippen LogP contribution >= 0.6 is 0 Å². The molecule has 1 aliphatic rings. The fourth-order valence-corrected chi connectivity index (χ4v) is 3.44. The van der Waals surface area contributed by atoms with Crippen molar-refractivity contribution in [3.8, 4) is 11.5 Å². The SMILES string of the molecule is COc1ccc2[nH]c(C(=O)N3CCN(C(=O)COc4ccccc4)CC3)cc2c1. The normalized spacial score (nSPS) is 14.1. The second kappa shape index (κ2) is 8.26. The van der Waals surface area contributed by atoms with E-state index in [-0.39, 0.29) is 18.4 Å². The van der Waals surface area contributed by atoms with Gasteiger partial charge in [0.1, 0.15) is 17.2 Å². The summed E-state index contributed by atoms with van der Waals surface area (Å²) in [4.78, 5) is 31.9. The molecule has 0 atom stereocenters. The zero-order valence-electron chi connectivity index (χ0n) is 16.3. The monoisotopic (exact) mass is 393 g/mol. The Morgan fingerprint density at radius 2 is 1.66 bits per heavy atom. The molecule has 2 aromatic carbocycles. The number of piperazine rings is 1. The molecule has 150 valence electrons. The van der Waals surface area contributed by atoms with Crippen molar-refractivity contribution in [3.05, 3.63) is 60.3 Å². The molecule has 7 nitrogen and oxygen atoms in total. The van der Waals surface area contributed by atoms with Gasteiger partial charge in [-0.05, 0) is 36.4 Å². The molecule has 0 radical (unpaired) electrons. The van der Waals surface area contributed by atoms with Crippen molar-refractivity contribution in [2.24, 2.45) is 0 Å². The van der Waals surface area contributed by atoms with Crippen LogP contribution in [0.3, 0.4) is 0 Å². The first-order chi connectivity index (χ1) is 14.1. The molecule has 3 aromatic rings. The Hall–Kier alpha value is -3.48. The second-order valence-electron chi connectivity index (χ2n) is 6.91. The maximum absolute atomic E-state index is 12.8. The number of benzene rings is 2. The van der Waals surface area contributed by atoms with Crippen LogP contribution in [-0.2, 0) is 4.79 Å². The summed E-state index contributed by atoms with van der Waals surface area (Å²) in [5, 5.41) is 0.930. The number of carbonyl (C=O) groups is 2. The highest BCUT2D eigenvalue weighted by Crippen LogP contribution is 2.22. The van der Waals surface area contributed by atoms with E-state index in [0.29, 0.717) is 37.6 Å². The number of H-pyrrole nitrogens is 1. The summed E-state index contributed by atoms with van der Waals surface area (Å²) in [7, 11) is 1.62. The van der Waals surface area contributed by atoms with Crippen LogP contribution in [0.5, 0.6) is 11.5 Å². The fraction of sp³-hybridized carbons (Fsp3) is 0.273. The third-order valence-electron chi connectivity index (χ3n) is 5.08. The predicted molar refractivity (Wildman–Crippen MR) is 109 cm³/mol. The van der Waals surface area contributed by atoms with Crippen LogP contribution in [0, 0.1) is 0 Å². The first-order valence-electron chi connectivity index (χ1n) is 9.56. The Balaban J connectivity index is 1.33. The lowest BCUT2D eigenvalue weighted by atomic mass is 10.2. The molecule has 0 aliphatic carbocycles. The number of hydrogen-bond donors (Lipinski definition) is 1. The smallest absolute Gasteiger partial charge is 0.270 e. The molecule has 1 aromatic heterocycles. The quantitative estimate of drug-likeness (QED) is 0.723. The third kappa shape index (κ3) is 4.18. The number of aromatic amines is 1. The van der Waals surface area contributed by atoms with Gasteiger partial charge in [0.05, 0.1) is 7.11 Å². The van der Waals surface area contributed by atoms with E-state index in [1.54, 1.807) is 16.9 Å². The molecule has 2 amide bonds. The molecule has 0 bridgehead atoms. The highest BCUT2D eigenvalue weighted by molar-refractivity contribution is 5.98. The van der Waals surface area contributed by atoms with Crippen LogP contribution in [0.25, 0.3) is 10.9 Å². The van der Waals surface area contributed by atoms with E-state index < -0.39 is 0 Å². The van der Waals surface area contributed by atoms with Crippen LogP contribution in [0.1, 0.15) is 10.5 Å². The molecule has 1 fully saturated rings. The van der Waals surface area contributed by atoms with Crippen LogP contribution in [0.4, 0.5) is 0 Å². The van der Waals surface area contributed by atoms with Gasteiger partial charge >= 0.3 is 0 Å². The maximum atomic E-state index is 12.8. The lowest BCUT2D eigenvalue weighted by molar-refractivity contribution is -0.134. The van der Waals surface area contributed by atoms with Crippen molar-refractivity contribution in [1.82, 2.24) is 14.8 Å². The molecule has 29 heavy (non-hydrogen) atoms. The number of hydrogen-bond acceptors (Lipinski definition) is 4. The number of fused-ring (bicyclic) bond motifs is 1. The first kappa shape index (κ1) is 18.9. The minimum absolute atomic E-state index is 0.00180. The summed E-state index contributed by atoms with van der Waals surface area (Å²) in [6.45, 7) is 1.98. The number of aromatic nitrogens is 1. The Morgan fingerprint density at radius 1 is 0.931 bits per heavy atom. The van der Waals surface area contributed by atoms with Crippen molar-refractivity contribution in [2.75, 3.05) is 39.9 Å². The fourth-order valence-electron chi connectivity index (χ4n) is 3.44. The molecule has 0 spiro atoms. The lowest BCUT2D eigenvalue weighted by Gasteiger charge is -2.34. The van der Waals surface area contributed by atoms with E-state index in [9.17, 15) is 9.59 Å². The Labute approximate surface area is 168 Å². The Bertz CT molecular complexity index is 1010. The van der Waals surface area contributed by atoms with Gasteiger partial charge in [-0.25, -0.2) is 0 Å². The molecule has 2 heterocycles. The largest absolute Gasteiger partial charge is 0.497 e. The van der Waals surface area contributed by atoms with Crippen molar-refractivity contribution < 1.29 is 19.1 Å². The van der Waals surface area contributed by atoms with Crippen LogP contribution in [0.15, 0.2) is 54.6 Å². The summed E-state index contributed by atoms with van der Waals surface area (Å²) in [6.07, 6.45) is 0. The molecule has 1 N–H and O–H groups in total. The van der Waals surface area contributed by atoms with E-state index >= 15 is 0 Å². The van der Waals surface area contributed by atoms with Crippen molar-refractivity contribution >= 4 is 22.7 Å². The van der Waals surface area contributed by atoms with E-state index in [0.717, 1.165) is 16.7 Å². The van der Waals surface area contributed by atoms with Gasteiger partial charge in [0.2, 0.25) is 0 Å². The number of ether oxygens (including phenoxy) is 2. The number of rotatable bonds is 5. The van der Waals surface area contributed by atoms with Gasteiger partial charge in [-0.1, -0.05) is 18.2 Å². The average molecular weight is 393 g/mol. The molecular weight excluding hydrogens is 370 g/mol. The number of nitrogens with zero attached hydrogens (tertiary/aromatic N) is 2. The Morgan fingerprint density at radius 3 is 2.38 bits per heavy atom. The number of carbonyl (C=O) groups excluding carboxylic acids is 2. The highest BCUT2D eigenvalue weighted by Gasteiger charge is 2.26. The van der Waals surface area contributed by atoms with Crippen molar-refractivity contribution in [3.63, 3.8) is 0 Å². The maximum Gasteiger partial charge on any atom is 0.270 e. The van der Waals surface area contributed by atoms with Crippen LogP contribution < -0.4 is 9.47 Å². The van der Waals surface area contributed by atoms with Crippen molar-refractivity contribution in [2.45, 2.75) is 0 Å². The summed E-state index contributed by atoms with van der Waals surface area (Å²) in [5.74, 6) is 1.29. The van der Waals surface area contributed by atoms with Crippen LogP contribution in [0.2, 0.25) is 0 Å². The zero-order chi connectivity index (χ0) is 20.2. The summed E-state index contributed by atoms with van der Waals surface area (Å²) >= 11 is 0. The standard InChI is InChI=1S/C22H23N3O4/c1-28-18-7-8-19-16(13-18)14-20(23-19)22(27)25-11-9-24(10-12-25)21(26)15-29-17-5-3-2-4-6-17/h2-8,13-14,23H,9-12,15H2,1H3. The molecule has 7 heteroatoms. The average Bonchev–Trinajstić information content (AvgIpc) is 3.21. The number of amides is 2. The molecule has 1 aliphatic heterocycles. The van der Waals surface area contributed by atoms with Gasteiger partial charge in [0.15, 0.2) is 6.61 Å². The van der Waals surface area contributed by atoms with Gasteiger partial charge in [-0.3, -0.25) is 9.59 Å². The van der Waals surface area contributed by atoms with E-state index in [1.807, 2.05) is 54.6 Å². The molecule has 0 unspecified atom stereocenters. The predicted octanol–water partition coefficient (Wildman–Crippen LogP) is 2.54. The first-order valence-corrected chi connectivity index (χ1v) is 9.56. The number of methoxy groups -OCH3 is 1. The molecule has 1 saturated heterocycles. The highest BCUT2D eigenvalue weighted by atomic mass is 16.5. The van der Waals surface area contributed by atoms with Gasteiger partial charge in [0.25, 0.3) is 11.8 Å². The number of nitrogens with one attached hydrogen (secondary N) is 1. The second-order valence-corrected chi connectivity index (χ2v) is 6.91. The minimum atomic E-state index is -0.0707. The Kier molecular flexibility index (Phi) is 5.37.